The molecule has 0 saturated carbocycles. The number of aryl methyl sites for hydroxylation is 1. The molecule has 1 aliphatic heterocycles. The van der Waals surface area contributed by atoms with Crippen LogP contribution in [0.5, 0.6) is 0 Å². The number of sulfonamides is 1. The molecule has 2 amide bonds. The Morgan fingerprint density at radius 2 is 1.79 bits per heavy atom. The number of amides is 2. The first-order valence-electron chi connectivity index (χ1n) is 10.0. The molecule has 0 bridgehead atoms. The van der Waals surface area contributed by atoms with Gasteiger partial charge in [-0.25, -0.2) is 8.42 Å². The van der Waals surface area contributed by atoms with E-state index in [0.717, 1.165) is 24.8 Å². The quantitative estimate of drug-likeness (QED) is 0.714. The number of carbonyl (C=O) groups is 2. The summed E-state index contributed by atoms with van der Waals surface area (Å²) in [5.74, 6) is -0.0109. The maximum absolute atomic E-state index is 13.0. The second kappa shape index (κ2) is 10.1. The normalized spacial score (nSPS) is 15.7. The topological polar surface area (TPSA) is 90.0 Å². The highest BCUT2D eigenvalue weighted by molar-refractivity contribution is 7.92. The van der Waals surface area contributed by atoms with E-state index in [9.17, 15) is 18.0 Å². The number of anilines is 1. The number of likely N-dealkylation sites (N-methyl/N-ethyl adjacent to an activating group) is 1. The Bertz CT molecular complexity index is 837. The molecule has 8 nitrogen and oxygen atoms in total. The standard InChI is InChI=1S/C20H32N4O4S/c1-5-23(6-2)19(25)15-22-10-7-11-24(13-12-22)20(26)17-9-8-16(3)18(14-17)21-29(4,27)28/h8-9,14,21H,5-7,10-13,15H2,1-4H3. The highest BCUT2D eigenvalue weighted by Crippen LogP contribution is 2.20. The molecule has 1 N–H and O–H groups in total. The molecule has 0 spiro atoms. The van der Waals surface area contributed by atoms with Gasteiger partial charge in [0.15, 0.2) is 0 Å². The smallest absolute Gasteiger partial charge is 0.253 e. The summed E-state index contributed by atoms with van der Waals surface area (Å²) in [6.45, 7) is 10.1. The van der Waals surface area contributed by atoms with E-state index in [2.05, 4.69) is 9.62 Å². The van der Waals surface area contributed by atoms with Crippen LogP contribution in [0, 0.1) is 6.92 Å². The van der Waals surface area contributed by atoms with E-state index in [-0.39, 0.29) is 11.8 Å². The maximum Gasteiger partial charge on any atom is 0.253 e. The Balaban J connectivity index is 2.04. The largest absolute Gasteiger partial charge is 0.342 e. The summed E-state index contributed by atoms with van der Waals surface area (Å²) in [7, 11) is -3.42. The van der Waals surface area contributed by atoms with Gasteiger partial charge in [-0.3, -0.25) is 19.2 Å². The summed E-state index contributed by atoms with van der Waals surface area (Å²) in [6.07, 6.45) is 1.88. The van der Waals surface area contributed by atoms with Gasteiger partial charge in [0.25, 0.3) is 5.91 Å². The first-order chi connectivity index (χ1) is 13.6. The van der Waals surface area contributed by atoms with E-state index in [1.807, 2.05) is 18.7 Å². The van der Waals surface area contributed by atoms with E-state index in [1.165, 1.54) is 0 Å². The lowest BCUT2D eigenvalue weighted by atomic mass is 10.1. The molecule has 0 aromatic heterocycles. The fourth-order valence-corrected chi connectivity index (χ4v) is 4.07. The summed E-state index contributed by atoms with van der Waals surface area (Å²) in [4.78, 5) is 31.0. The lowest BCUT2D eigenvalue weighted by Crippen LogP contribution is -2.42. The summed E-state index contributed by atoms with van der Waals surface area (Å²) in [5.41, 5.74) is 1.62. The molecule has 1 aliphatic rings. The molecule has 0 unspecified atom stereocenters. The van der Waals surface area contributed by atoms with Gasteiger partial charge < -0.3 is 9.80 Å². The van der Waals surface area contributed by atoms with Gasteiger partial charge in [0, 0.05) is 44.8 Å². The molecular weight excluding hydrogens is 392 g/mol. The second-order valence-corrected chi connectivity index (χ2v) is 9.14. The molecule has 29 heavy (non-hydrogen) atoms. The van der Waals surface area contributed by atoms with Gasteiger partial charge in [-0.2, -0.15) is 0 Å². The zero-order chi connectivity index (χ0) is 21.6. The molecule has 0 atom stereocenters. The van der Waals surface area contributed by atoms with E-state index in [1.54, 1.807) is 30.0 Å². The number of rotatable bonds is 7. The highest BCUT2D eigenvalue weighted by atomic mass is 32.2. The first-order valence-corrected chi connectivity index (χ1v) is 11.9. The monoisotopic (exact) mass is 424 g/mol. The average Bonchev–Trinajstić information content (AvgIpc) is 2.88. The number of nitrogens with one attached hydrogen (secondary N) is 1. The predicted molar refractivity (Wildman–Crippen MR) is 115 cm³/mol. The molecular formula is C20H32N4O4S. The number of carbonyl (C=O) groups excluding carboxylic acids is 2. The Kier molecular flexibility index (Phi) is 8.04. The van der Waals surface area contributed by atoms with Crippen LogP contribution in [0.1, 0.15) is 36.2 Å². The number of benzene rings is 1. The molecule has 1 fully saturated rings. The van der Waals surface area contributed by atoms with Crippen LogP contribution in [-0.2, 0) is 14.8 Å². The van der Waals surface area contributed by atoms with Crippen molar-refractivity contribution in [2.75, 3.05) is 56.8 Å². The molecule has 1 aromatic rings. The molecule has 1 heterocycles. The van der Waals surface area contributed by atoms with Crippen molar-refractivity contribution in [1.29, 1.82) is 0 Å². The molecule has 0 aliphatic carbocycles. The van der Waals surface area contributed by atoms with Crippen LogP contribution in [0.25, 0.3) is 0 Å². The molecule has 1 saturated heterocycles. The van der Waals surface area contributed by atoms with Crippen LogP contribution in [0.4, 0.5) is 5.69 Å². The van der Waals surface area contributed by atoms with Crippen molar-refractivity contribution in [1.82, 2.24) is 14.7 Å². The SMILES string of the molecule is CCN(CC)C(=O)CN1CCCN(C(=O)c2ccc(C)c(NS(C)(=O)=O)c2)CC1. The fraction of sp³-hybridized carbons (Fsp3) is 0.600. The Labute approximate surface area is 173 Å². The van der Waals surface area contributed by atoms with Gasteiger partial charge in [-0.05, 0) is 44.9 Å². The van der Waals surface area contributed by atoms with Gasteiger partial charge >= 0.3 is 0 Å². The third kappa shape index (κ3) is 6.71. The highest BCUT2D eigenvalue weighted by Gasteiger charge is 2.23. The number of nitrogens with zero attached hydrogens (tertiary/aromatic N) is 3. The van der Waals surface area contributed by atoms with Gasteiger partial charge in [0.2, 0.25) is 15.9 Å². The van der Waals surface area contributed by atoms with Gasteiger partial charge in [0.1, 0.15) is 0 Å². The van der Waals surface area contributed by atoms with Crippen molar-refractivity contribution in [2.24, 2.45) is 0 Å². The summed E-state index contributed by atoms with van der Waals surface area (Å²) in [5, 5.41) is 0. The van der Waals surface area contributed by atoms with E-state index < -0.39 is 10.0 Å². The van der Waals surface area contributed by atoms with Crippen molar-refractivity contribution >= 4 is 27.5 Å². The average molecular weight is 425 g/mol. The summed E-state index contributed by atoms with van der Waals surface area (Å²) < 4.78 is 25.6. The zero-order valence-corrected chi connectivity index (χ0v) is 18.6. The van der Waals surface area contributed by atoms with Crippen molar-refractivity contribution in [3.63, 3.8) is 0 Å². The first kappa shape index (κ1) is 23.2. The van der Waals surface area contributed by atoms with Crippen molar-refractivity contribution in [2.45, 2.75) is 27.2 Å². The van der Waals surface area contributed by atoms with Crippen molar-refractivity contribution in [3.05, 3.63) is 29.3 Å². The minimum absolute atomic E-state index is 0.116. The van der Waals surface area contributed by atoms with Gasteiger partial charge in [-0.1, -0.05) is 6.07 Å². The number of hydrogen-bond acceptors (Lipinski definition) is 5. The van der Waals surface area contributed by atoms with Crippen LogP contribution in [0.3, 0.4) is 0 Å². The maximum atomic E-state index is 13.0. The van der Waals surface area contributed by atoms with Gasteiger partial charge in [0.05, 0.1) is 18.5 Å². The van der Waals surface area contributed by atoms with E-state index >= 15 is 0 Å². The minimum Gasteiger partial charge on any atom is -0.342 e. The third-order valence-corrected chi connectivity index (χ3v) is 5.72. The van der Waals surface area contributed by atoms with Crippen LogP contribution in [0.2, 0.25) is 0 Å². The molecule has 9 heteroatoms. The molecule has 162 valence electrons. The van der Waals surface area contributed by atoms with E-state index in [0.29, 0.717) is 50.5 Å². The van der Waals surface area contributed by atoms with Crippen LogP contribution < -0.4 is 4.72 Å². The van der Waals surface area contributed by atoms with Crippen LogP contribution in [0.15, 0.2) is 18.2 Å². The molecule has 0 radical (unpaired) electrons. The predicted octanol–water partition coefficient (Wildman–Crippen LogP) is 1.38. The van der Waals surface area contributed by atoms with Crippen LogP contribution in [-0.4, -0.2) is 87.0 Å². The number of hydrogen-bond donors (Lipinski definition) is 1. The molecule has 2 rings (SSSR count). The second-order valence-electron chi connectivity index (χ2n) is 7.39. The van der Waals surface area contributed by atoms with Crippen LogP contribution >= 0.6 is 0 Å². The van der Waals surface area contributed by atoms with Crippen molar-refractivity contribution in [3.8, 4) is 0 Å². The van der Waals surface area contributed by atoms with Crippen molar-refractivity contribution < 1.29 is 18.0 Å². The Morgan fingerprint density at radius 1 is 1.10 bits per heavy atom. The summed E-state index contributed by atoms with van der Waals surface area (Å²) in [6, 6.07) is 5.05. The lowest BCUT2D eigenvalue weighted by molar-refractivity contribution is -0.132. The lowest BCUT2D eigenvalue weighted by Gasteiger charge is -2.25. The van der Waals surface area contributed by atoms with E-state index in [4.69, 9.17) is 0 Å². The molecule has 1 aromatic carbocycles. The summed E-state index contributed by atoms with van der Waals surface area (Å²) >= 11 is 0. The fourth-order valence-electron chi connectivity index (χ4n) is 3.45. The van der Waals surface area contributed by atoms with Gasteiger partial charge in [-0.15, -0.1) is 0 Å². The Hall–Kier alpha value is -2.13. The minimum atomic E-state index is -3.42. The zero-order valence-electron chi connectivity index (χ0n) is 17.8. The third-order valence-electron chi connectivity index (χ3n) is 5.13. The Morgan fingerprint density at radius 3 is 2.41 bits per heavy atom.